The Morgan fingerprint density at radius 1 is 0.375 bits per heavy atom. The first-order valence-corrected chi connectivity index (χ1v) is 29.5. The molecule has 0 aromatic heterocycles. The van der Waals surface area contributed by atoms with Gasteiger partial charge in [0.15, 0.2) is 0 Å². The average molecular weight is 1090 g/mol. The summed E-state index contributed by atoms with van der Waals surface area (Å²) < 4.78 is 0. The molecule has 10 rings (SSSR count). The first-order valence-electron chi connectivity index (χ1n) is 25.3. The minimum absolute atomic E-state index is 0. The molecule has 0 saturated heterocycles. The van der Waals surface area contributed by atoms with Crippen LogP contribution in [-0.2, 0) is 57.8 Å². The van der Waals surface area contributed by atoms with Gasteiger partial charge in [-0.2, -0.15) is 12.1 Å². The van der Waals surface area contributed by atoms with Crippen molar-refractivity contribution < 1.29 is 23.3 Å². The molecule has 2 aliphatic carbocycles. The minimum atomic E-state index is 0. The molecule has 0 spiro atoms. The molecule has 2 fully saturated rings. The van der Waals surface area contributed by atoms with Crippen molar-refractivity contribution >= 4 is 53.2 Å². The summed E-state index contributed by atoms with van der Waals surface area (Å²) in [5, 5.41) is 5.58. The average Bonchev–Trinajstić information content (AvgIpc) is 4.22. The first kappa shape index (κ1) is 60.8. The van der Waals surface area contributed by atoms with E-state index in [4.69, 9.17) is 0 Å². The van der Waals surface area contributed by atoms with Crippen LogP contribution < -0.4 is 0 Å². The Bertz CT molecular complexity index is 2590. The summed E-state index contributed by atoms with van der Waals surface area (Å²) in [4.78, 5) is 0. The molecule has 0 bridgehead atoms. The van der Waals surface area contributed by atoms with Crippen molar-refractivity contribution in [2.24, 2.45) is 11.8 Å². The van der Waals surface area contributed by atoms with Gasteiger partial charge < -0.3 is 14.9 Å². The Balaban J connectivity index is 0.000000287. The van der Waals surface area contributed by atoms with Crippen molar-refractivity contribution in [1.82, 2.24) is 0 Å². The molecular formula is C68H82Cl2SiZr-4. The van der Waals surface area contributed by atoms with Crippen LogP contribution in [0, 0.1) is 26.7 Å². The number of hydrogen-bond donors (Lipinski definition) is 0. The molecular weight excluding hydrogens is 1010 g/mol. The van der Waals surface area contributed by atoms with E-state index in [-0.39, 0.29) is 61.3 Å². The van der Waals surface area contributed by atoms with Crippen LogP contribution in [-0.4, -0.2) is 6.88 Å². The molecule has 72 heavy (non-hydrogen) atoms. The van der Waals surface area contributed by atoms with Gasteiger partial charge in [-0.1, -0.05) is 238 Å². The fraction of sp³-hybridized carbons (Fsp3) is 0.353. The van der Waals surface area contributed by atoms with Gasteiger partial charge in [-0.15, -0.1) is 69.6 Å². The SMILES string of the molecule is CC(C)(C)c1ccc(-c2ccc(-c3ccc(C(C)(C)C)cc3)c3[cH-]c(CC4CC4)cc23)cc1.CC(C)(C)c1ccc(-c2ccc(-c3ccc(C(C)(C)C)cc3)c3[cH-]c(CC4CC4)cc23)cc1.Cl.Cl.[CH3-].[CH3-].[Si]=[Zr]. The third-order valence-corrected chi connectivity index (χ3v) is 14.6. The van der Waals surface area contributed by atoms with E-state index in [9.17, 15) is 0 Å². The summed E-state index contributed by atoms with van der Waals surface area (Å²) in [6.07, 6.45) is 8.01. The normalized spacial score (nSPS) is 13.5. The molecule has 0 amide bonds. The Morgan fingerprint density at radius 3 is 0.819 bits per heavy atom. The van der Waals surface area contributed by atoms with E-state index in [2.05, 4.69) is 236 Å². The zero-order chi connectivity index (χ0) is 48.8. The molecule has 0 nitrogen and oxygen atoms in total. The van der Waals surface area contributed by atoms with E-state index >= 15 is 0 Å². The van der Waals surface area contributed by atoms with Gasteiger partial charge in [0.05, 0.1) is 0 Å². The van der Waals surface area contributed by atoms with Crippen molar-refractivity contribution in [1.29, 1.82) is 0 Å². The summed E-state index contributed by atoms with van der Waals surface area (Å²) in [6.45, 7) is 30.4. The van der Waals surface area contributed by atoms with E-state index in [1.807, 2.05) is 0 Å². The predicted octanol–water partition coefficient (Wildman–Crippen LogP) is 20.2. The second kappa shape index (κ2) is 24.3. The van der Waals surface area contributed by atoms with Crippen LogP contribution in [0.2, 0.25) is 0 Å². The molecule has 0 N–H and O–H groups in total. The second-order valence-electron chi connectivity index (χ2n) is 24.3. The van der Waals surface area contributed by atoms with E-state index < -0.39 is 0 Å². The van der Waals surface area contributed by atoms with E-state index in [0.717, 1.165) is 11.8 Å². The summed E-state index contributed by atoms with van der Waals surface area (Å²) >= 11 is 1.36. The Hall–Kier alpha value is -3.78. The van der Waals surface area contributed by atoms with E-state index in [1.54, 1.807) is 0 Å². The summed E-state index contributed by atoms with van der Waals surface area (Å²) in [5.41, 5.74) is 19.9. The van der Waals surface area contributed by atoms with Crippen LogP contribution in [0.4, 0.5) is 0 Å². The third kappa shape index (κ3) is 14.3. The second-order valence-corrected chi connectivity index (χ2v) is 24.3. The zero-order valence-electron chi connectivity index (χ0n) is 46.1. The molecule has 2 saturated carbocycles. The van der Waals surface area contributed by atoms with Crippen LogP contribution in [0.5, 0.6) is 0 Å². The summed E-state index contributed by atoms with van der Waals surface area (Å²) in [6, 6.07) is 56.1. The maximum absolute atomic E-state index is 3.06. The molecule has 4 heteroatoms. The van der Waals surface area contributed by atoms with Crippen LogP contribution in [0.1, 0.15) is 142 Å². The van der Waals surface area contributed by atoms with Gasteiger partial charge >= 0.3 is 30.2 Å². The molecule has 8 aromatic rings. The quantitative estimate of drug-likeness (QED) is 0.105. The van der Waals surface area contributed by atoms with Crippen LogP contribution >= 0.6 is 24.8 Å². The number of halogens is 2. The first-order chi connectivity index (χ1) is 32.2. The molecule has 0 heterocycles. The van der Waals surface area contributed by atoms with Gasteiger partial charge in [0.1, 0.15) is 0 Å². The van der Waals surface area contributed by atoms with Crippen molar-refractivity contribution in [2.75, 3.05) is 0 Å². The van der Waals surface area contributed by atoms with Crippen molar-refractivity contribution in [2.45, 2.75) is 143 Å². The van der Waals surface area contributed by atoms with Gasteiger partial charge in [0, 0.05) is 0 Å². The third-order valence-electron chi connectivity index (χ3n) is 14.6. The van der Waals surface area contributed by atoms with Gasteiger partial charge in [0.2, 0.25) is 0 Å². The van der Waals surface area contributed by atoms with Crippen LogP contribution in [0.15, 0.2) is 146 Å². The number of rotatable bonds is 8. The van der Waals surface area contributed by atoms with Crippen molar-refractivity contribution in [3.05, 3.63) is 194 Å². The standard InChI is InChI=1S/2C33H37.2CH3.2ClH.Si.Zr/c2*1-32(2,3)26-13-9-24(10-14-26)28-17-18-29(25-11-15-27(16-12-25)33(4,5)6)31-21-23(20-30(28)31)19-22-7-8-22;;;;;;/h2*9-18,20-22H,7-8,19H2,1-6H3;2*1H3;2*1H;;/q4*-1;;;;. The van der Waals surface area contributed by atoms with Gasteiger partial charge in [-0.25, -0.2) is 0 Å². The molecule has 0 unspecified atom stereocenters. The summed E-state index contributed by atoms with van der Waals surface area (Å²) in [5.74, 6) is 1.79. The molecule has 380 valence electrons. The van der Waals surface area contributed by atoms with E-state index in [1.165, 1.54) is 161 Å². The van der Waals surface area contributed by atoms with Crippen molar-refractivity contribution in [3.8, 4) is 44.5 Å². The summed E-state index contributed by atoms with van der Waals surface area (Å²) in [7, 11) is 0. The number of fused-ring (bicyclic) bond motifs is 2. The Morgan fingerprint density at radius 2 is 0.597 bits per heavy atom. The van der Waals surface area contributed by atoms with Gasteiger partial charge in [0.25, 0.3) is 0 Å². The number of benzene rings is 6. The topological polar surface area (TPSA) is 0 Å². The van der Waals surface area contributed by atoms with Crippen LogP contribution in [0.3, 0.4) is 0 Å². The predicted molar refractivity (Wildman–Crippen MR) is 322 cm³/mol. The molecule has 2 aliphatic rings. The monoisotopic (exact) mass is 1090 g/mol. The Kier molecular flexibility index (Phi) is 20.5. The fourth-order valence-corrected chi connectivity index (χ4v) is 9.87. The number of hydrogen-bond acceptors (Lipinski definition) is 0. The molecule has 0 atom stereocenters. The van der Waals surface area contributed by atoms with E-state index in [0.29, 0.717) is 0 Å². The molecule has 2 radical (unpaired) electrons. The van der Waals surface area contributed by atoms with Gasteiger partial charge in [-0.3, -0.25) is 0 Å². The Labute approximate surface area is 466 Å². The zero-order valence-corrected chi connectivity index (χ0v) is 51.2. The van der Waals surface area contributed by atoms with Crippen molar-refractivity contribution in [3.63, 3.8) is 0 Å². The fourth-order valence-electron chi connectivity index (χ4n) is 9.87. The molecule has 0 aliphatic heterocycles. The van der Waals surface area contributed by atoms with Crippen LogP contribution in [0.25, 0.3) is 66.1 Å². The maximum atomic E-state index is 3.06. The van der Waals surface area contributed by atoms with Gasteiger partial charge in [-0.05, 0) is 105 Å². The molecule has 8 aromatic carbocycles.